The minimum Gasteiger partial charge on any atom is -0.368 e. The van der Waals surface area contributed by atoms with Gasteiger partial charge in [0, 0.05) is 32.1 Å². The zero-order valence-corrected chi connectivity index (χ0v) is 13.4. The SMILES string of the molecule is O=C(Nc1ccc(N2CCNCC2)cn1)C1C2C3CCC(C3)C12. The van der Waals surface area contributed by atoms with Crippen molar-refractivity contribution in [3.05, 3.63) is 18.3 Å². The summed E-state index contributed by atoms with van der Waals surface area (Å²) in [6, 6.07) is 4.02. The number of pyridine rings is 1. The quantitative estimate of drug-likeness (QED) is 0.892. The lowest BCUT2D eigenvalue weighted by atomic mass is 10.0. The Kier molecular flexibility index (Phi) is 3.11. The predicted molar refractivity (Wildman–Crippen MR) is 89.3 cm³/mol. The van der Waals surface area contributed by atoms with Crippen molar-refractivity contribution in [2.45, 2.75) is 19.3 Å². The Hall–Kier alpha value is -1.62. The molecule has 1 aromatic heterocycles. The summed E-state index contributed by atoms with van der Waals surface area (Å²) in [5.41, 5.74) is 1.14. The van der Waals surface area contributed by atoms with Crippen LogP contribution in [-0.4, -0.2) is 37.1 Å². The van der Waals surface area contributed by atoms with Crippen LogP contribution >= 0.6 is 0 Å². The average Bonchev–Trinajstić information content (AvgIpc) is 3.05. The summed E-state index contributed by atoms with van der Waals surface area (Å²) in [4.78, 5) is 19.3. The molecule has 5 nitrogen and oxygen atoms in total. The summed E-state index contributed by atoms with van der Waals surface area (Å²) < 4.78 is 0. The molecule has 2 N–H and O–H groups in total. The van der Waals surface area contributed by atoms with Crippen molar-refractivity contribution >= 4 is 17.4 Å². The van der Waals surface area contributed by atoms with Gasteiger partial charge in [-0.1, -0.05) is 0 Å². The standard InChI is InChI=1S/C18H24N4O/c23-18(17-15-11-1-2-12(9-11)16(15)17)21-14-4-3-13(10-20-14)22-7-5-19-6-8-22/h3-4,10-12,15-17,19H,1-2,5-9H2,(H,20,21,23). The maximum atomic E-state index is 12.5. The van der Waals surface area contributed by atoms with Gasteiger partial charge in [0.2, 0.25) is 5.91 Å². The number of carbonyl (C=O) groups is 1. The lowest BCUT2D eigenvalue weighted by Gasteiger charge is -2.29. The van der Waals surface area contributed by atoms with E-state index in [1.807, 2.05) is 12.3 Å². The first-order chi connectivity index (χ1) is 11.3. The molecule has 2 heterocycles. The number of rotatable bonds is 3. The smallest absolute Gasteiger partial charge is 0.229 e. The lowest BCUT2D eigenvalue weighted by Crippen LogP contribution is -2.43. The number of piperazine rings is 1. The number of hydrogen-bond acceptors (Lipinski definition) is 4. The Morgan fingerprint density at radius 3 is 2.57 bits per heavy atom. The Balaban J connectivity index is 1.22. The maximum Gasteiger partial charge on any atom is 0.229 e. The van der Waals surface area contributed by atoms with Crippen LogP contribution in [0.3, 0.4) is 0 Å². The molecule has 4 aliphatic rings. The van der Waals surface area contributed by atoms with Crippen LogP contribution in [0.4, 0.5) is 11.5 Å². The monoisotopic (exact) mass is 312 g/mol. The molecule has 4 unspecified atom stereocenters. The van der Waals surface area contributed by atoms with E-state index in [0.717, 1.165) is 43.7 Å². The molecule has 0 aromatic carbocycles. The van der Waals surface area contributed by atoms with Crippen LogP contribution in [0.2, 0.25) is 0 Å². The molecular weight excluding hydrogens is 288 g/mol. The summed E-state index contributed by atoms with van der Waals surface area (Å²) in [6.07, 6.45) is 5.98. The fourth-order valence-electron chi connectivity index (χ4n) is 5.46. The molecule has 1 aromatic rings. The zero-order chi connectivity index (χ0) is 15.4. The van der Waals surface area contributed by atoms with E-state index in [-0.39, 0.29) is 11.8 Å². The summed E-state index contributed by atoms with van der Waals surface area (Å²) in [7, 11) is 0. The van der Waals surface area contributed by atoms with Crippen LogP contribution < -0.4 is 15.5 Å². The first-order valence-electron chi connectivity index (χ1n) is 9.04. The van der Waals surface area contributed by atoms with E-state index >= 15 is 0 Å². The van der Waals surface area contributed by atoms with Crippen LogP contribution in [0.1, 0.15) is 19.3 Å². The van der Waals surface area contributed by atoms with Gasteiger partial charge in [-0.25, -0.2) is 4.98 Å². The van der Waals surface area contributed by atoms with Gasteiger partial charge in [0.1, 0.15) is 5.82 Å². The molecule has 1 saturated heterocycles. The molecule has 0 radical (unpaired) electrons. The highest BCUT2D eigenvalue weighted by atomic mass is 16.2. The topological polar surface area (TPSA) is 57.3 Å². The molecule has 5 heteroatoms. The van der Waals surface area contributed by atoms with Gasteiger partial charge < -0.3 is 15.5 Å². The fourth-order valence-corrected chi connectivity index (χ4v) is 5.46. The van der Waals surface area contributed by atoms with Crippen LogP contribution in [0.25, 0.3) is 0 Å². The van der Waals surface area contributed by atoms with Crippen molar-refractivity contribution in [1.82, 2.24) is 10.3 Å². The Morgan fingerprint density at radius 2 is 1.91 bits per heavy atom. The largest absolute Gasteiger partial charge is 0.368 e. The van der Waals surface area contributed by atoms with Gasteiger partial charge in [0.15, 0.2) is 0 Å². The second kappa shape index (κ2) is 5.20. The molecule has 122 valence electrons. The Morgan fingerprint density at radius 1 is 1.17 bits per heavy atom. The van der Waals surface area contributed by atoms with E-state index in [4.69, 9.17) is 0 Å². The summed E-state index contributed by atoms with van der Waals surface area (Å²) in [6.45, 7) is 4.07. The maximum absolute atomic E-state index is 12.5. The number of nitrogens with zero attached hydrogens (tertiary/aromatic N) is 2. The first kappa shape index (κ1) is 13.8. The predicted octanol–water partition coefficient (Wildman–Crippen LogP) is 1.72. The molecule has 4 fully saturated rings. The van der Waals surface area contributed by atoms with Crippen LogP contribution in [0, 0.1) is 29.6 Å². The third kappa shape index (κ3) is 2.24. The number of anilines is 2. The highest BCUT2D eigenvalue weighted by molar-refractivity contribution is 5.94. The summed E-state index contributed by atoms with van der Waals surface area (Å²) >= 11 is 0. The number of aromatic nitrogens is 1. The van der Waals surface area contributed by atoms with Gasteiger partial charge in [-0.05, 0) is 55.1 Å². The number of hydrogen-bond donors (Lipinski definition) is 2. The Labute approximate surface area is 136 Å². The molecular formula is C18H24N4O. The van der Waals surface area contributed by atoms with Crippen molar-refractivity contribution in [1.29, 1.82) is 0 Å². The van der Waals surface area contributed by atoms with Crippen molar-refractivity contribution in [2.75, 3.05) is 36.4 Å². The van der Waals surface area contributed by atoms with E-state index in [2.05, 4.69) is 26.6 Å². The van der Waals surface area contributed by atoms with E-state index in [9.17, 15) is 4.79 Å². The minimum absolute atomic E-state index is 0.207. The van der Waals surface area contributed by atoms with Gasteiger partial charge in [0.25, 0.3) is 0 Å². The van der Waals surface area contributed by atoms with Crippen molar-refractivity contribution < 1.29 is 4.79 Å². The van der Waals surface area contributed by atoms with Crippen LogP contribution in [-0.2, 0) is 4.79 Å². The van der Waals surface area contributed by atoms with Gasteiger partial charge >= 0.3 is 0 Å². The van der Waals surface area contributed by atoms with Crippen molar-refractivity contribution in [3.63, 3.8) is 0 Å². The summed E-state index contributed by atoms with van der Waals surface area (Å²) in [5, 5.41) is 6.40. The molecule has 3 saturated carbocycles. The normalized spacial score (nSPS) is 37.6. The average molecular weight is 312 g/mol. The zero-order valence-electron chi connectivity index (χ0n) is 13.4. The van der Waals surface area contributed by atoms with E-state index in [0.29, 0.717) is 17.7 Å². The van der Waals surface area contributed by atoms with E-state index < -0.39 is 0 Å². The summed E-state index contributed by atoms with van der Waals surface area (Å²) in [5.74, 6) is 4.23. The van der Waals surface area contributed by atoms with E-state index in [1.54, 1.807) is 0 Å². The molecule has 3 aliphatic carbocycles. The van der Waals surface area contributed by atoms with E-state index in [1.165, 1.54) is 19.3 Å². The first-order valence-corrected chi connectivity index (χ1v) is 9.04. The number of nitrogens with one attached hydrogen (secondary N) is 2. The molecule has 2 bridgehead atoms. The highest BCUT2D eigenvalue weighted by Crippen LogP contribution is 2.69. The Bertz CT molecular complexity index is 594. The fraction of sp³-hybridized carbons (Fsp3) is 0.667. The second-order valence-electron chi connectivity index (χ2n) is 7.64. The molecule has 1 amide bonds. The molecule has 23 heavy (non-hydrogen) atoms. The third-order valence-corrected chi connectivity index (χ3v) is 6.52. The van der Waals surface area contributed by atoms with Gasteiger partial charge in [0.05, 0.1) is 11.9 Å². The lowest BCUT2D eigenvalue weighted by molar-refractivity contribution is -0.118. The number of carbonyl (C=O) groups excluding carboxylic acids is 1. The van der Waals surface area contributed by atoms with Gasteiger partial charge in [-0.2, -0.15) is 0 Å². The third-order valence-electron chi connectivity index (χ3n) is 6.52. The number of amides is 1. The van der Waals surface area contributed by atoms with Gasteiger partial charge in [-0.15, -0.1) is 0 Å². The molecule has 5 rings (SSSR count). The highest BCUT2D eigenvalue weighted by Gasteiger charge is 2.67. The van der Waals surface area contributed by atoms with Crippen molar-refractivity contribution in [3.8, 4) is 0 Å². The van der Waals surface area contributed by atoms with Crippen molar-refractivity contribution in [2.24, 2.45) is 29.6 Å². The van der Waals surface area contributed by atoms with Crippen LogP contribution in [0.15, 0.2) is 18.3 Å². The van der Waals surface area contributed by atoms with Crippen LogP contribution in [0.5, 0.6) is 0 Å². The molecule has 1 aliphatic heterocycles. The number of fused-ring (bicyclic) bond motifs is 5. The second-order valence-corrected chi connectivity index (χ2v) is 7.64. The molecule has 0 spiro atoms. The molecule has 4 atom stereocenters. The van der Waals surface area contributed by atoms with Gasteiger partial charge in [-0.3, -0.25) is 4.79 Å². The minimum atomic E-state index is 0.207.